The zero-order valence-corrected chi connectivity index (χ0v) is 13.4. The van der Waals surface area contributed by atoms with Crippen molar-refractivity contribution in [3.63, 3.8) is 0 Å². The molecule has 0 bridgehead atoms. The highest BCUT2D eigenvalue weighted by Crippen LogP contribution is 2.25. The molecular formula is C17H21FN4O2. The molecule has 0 aliphatic carbocycles. The maximum atomic E-state index is 12.9. The number of piperidine rings is 1. The van der Waals surface area contributed by atoms with Crippen LogP contribution in [0.25, 0.3) is 0 Å². The van der Waals surface area contributed by atoms with E-state index in [1.165, 1.54) is 12.1 Å². The van der Waals surface area contributed by atoms with Crippen molar-refractivity contribution >= 4 is 5.91 Å². The third kappa shape index (κ3) is 4.11. The Balaban J connectivity index is 1.49. The van der Waals surface area contributed by atoms with Gasteiger partial charge in [0.2, 0.25) is 0 Å². The Bertz CT molecular complexity index is 686. The standard InChI is InChI=1S/C17H21FN4O2/c18-13-3-5-14(6-4-13)24-9-8-22-7-1-2-12(11-22)15-10-16(17(19)23)21-20-15/h3-6,10,12H,1-2,7-9,11H2,(H2,19,23)(H,20,21)/t12-/m0/s1. The number of amides is 1. The zero-order chi connectivity index (χ0) is 16.9. The summed E-state index contributed by atoms with van der Waals surface area (Å²) in [7, 11) is 0. The van der Waals surface area contributed by atoms with E-state index in [0.717, 1.165) is 38.2 Å². The first-order chi connectivity index (χ1) is 11.6. The number of hydrogen-bond acceptors (Lipinski definition) is 4. The molecule has 2 heterocycles. The van der Waals surface area contributed by atoms with E-state index in [1.54, 1.807) is 18.2 Å². The number of aromatic amines is 1. The minimum atomic E-state index is -0.516. The van der Waals surface area contributed by atoms with Crippen molar-refractivity contribution in [2.45, 2.75) is 18.8 Å². The van der Waals surface area contributed by atoms with Gasteiger partial charge in [0.1, 0.15) is 23.9 Å². The van der Waals surface area contributed by atoms with E-state index in [9.17, 15) is 9.18 Å². The molecule has 1 amide bonds. The monoisotopic (exact) mass is 332 g/mol. The SMILES string of the molecule is NC(=O)c1cc([C@H]2CCCN(CCOc3ccc(F)cc3)C2)[nH]n1. The van der Waals surface area contributed by atoms with Gasteiger partial charge in [0.25, 0.3) is 5.91 Å². The number of benzene rings is 1. The maximum Gasteiger partial charge on any atom is 0.269 e. The van der Waals surface area contributed by atoms with Crippen molar-refractivity contribution in [1.82, 2.24) is 15.1 Å². The molecule has 0 unspecified atom stereocenters. The molecule has 3 N–H and O–H groups in total. The topological polar surface area (TPSA) is 84.2 Å². The van der Waals surface area contributed by atoms with E-state index in [2.05, 4.69) is 15.1 Å². The highest BCUT2D eigenvalue weighted by molar-refractivity contribution is 5.90. The predicted octanol–water partition coefficient (Wildman–Crippen LogP) is 1.91. The largest absolute Gasteiger partial charge is 0.492 e. The summed E-state index contributed by atoms with van der Waals surface area (Å²) in [5, 5.41) is 6.87. The van der Waals surface area contributed by atoms with Gasteiger partial charge < -0.3 is 10.5 Å². The second-order valence-electron chi connectivity index (χ2n) is 6.01. The van der Waals surface area contributed by atoms with Crippen LogP contribution in [0.1, 0.15) is 34.9 Å². The van der Waals surface area contributed by atoms with Crippen LogP contribution in [-0.2, 0) is 0 Å². The zero-order valence-electron chi connectivity index (χ0n) is 13.4. The van der Waals surface area contributed by atoms with E-state index >= 15 is 0 Å². The highest BCUT2D eigenvalue weighted by Gasteiger charge is 2.23. The molecule has 0 spiro atoms. The van der Waals surface area contributed by atoms with Gasteiger partial charge in [-0.1, -0.05) is 0 Å². The summed E-state index contributed by atoms with van der Waals surface area (Å²) in [4.78, 5) is 13.5. The molecule has 1 atom stereocenters. The number of nitrogens with two attached hydrogens (primary N) is 1. The molecule has 6 nitrogen and oxygen atoms in total. The fourth-order valence-corrected chi connectivity index (χ4v) is 3.01. The quantitative estimate of drug-likeness (QED) is 0.846. The maximum absolute atomic E-state index is 12.9. The number of H-pyrrole nitrogens is 1. The molecule has 128 valence electrons. The number of hydrogen-bond donors (Lipinski definition) is 2. The van der Waals surface area contributed by atoms with Gasteiger partial charge in [-0.2, -0.15) is 5.10 Å². The molecule has 1 aliphatic heterocycles. The number of likely N-dealkylation sites (tertiary alicyclic amines) is 1. The van der Waals surface area contributed by atoms with Gasteiger partial charge in [0.15, 0.2) is 0 Å². The molecule has 1 aromatic heterocycles. The van der Waals surface area contributed by atoms with Crippen molar-refractivity contribution in [2.75, 3.05) is 26.2 Å². The smallest absolute Gasteiger partial charge is 0.269 e. The van der Waals surface area contributed by atoms with Gasteiger partial charge in [0, 0.05) is 24.7 Å². The third-order valence-corrected chi connectivity index (χ3v) is 4.29. The van der Waals surface area contributed by atoms with E-state index in [0.29, 0.717) is 18.3 Å². The molecule has 0 radical (unpaired) electrons. The lowest BCUT2D eigenvalue weighted by Gasteiger charge is -2.32. The van der Waals surface area contributed by atoms with E-state index in [-0.39, 0.29) is 11.5 Å². The number of rotatable bonds is 6. The molecule has 1 aliphatic rings. The first kappa shape index (κ1) is 16.4. The molecule has 3 rings (SSSR count). The summed E-state index contributed by atoms with van der Waals surface area (Å²) >= 11 is 0. The molecule has 24 heavy (non-hydrogen) atoms. The first-order valence-electron chi connectivity index (χ1n) is 8.07. The number of ether oxygens (including phenoxy) is 1. The second kappa shape index (κ2) is 7.44. The fraction of sp³-hybridized carbons (Fsp3) is 0.412. The fourth-order valence-electron chi connectivity index (χ4n) is 3.01. The Morgan fingerprint density at radius 1 is 1.42 bits per heavy atom. The summed E-state index contributed by atoms with van der Waals surface area (Å²) in [5.74, 6) is 0.198. The van der Waals surface area contributed by atoms with Crippen molar-refractivity contribution in [3.8, 4) is 5.75 Å². The van der Waals surface area contributed by atoms with Crippen molar-refractivity contribution in [1.29, 1.82) is 0 Å². The summed E-state index contributed by atoms with van der Waals surface area (Å²) in [6, 6.07) is 7.78. The number of nitrogens with zero attached hydrogens (tertiary/aromatic N) is 2. The van der Waals surface area contributed by atoms with Crippen LogP contribution >= 0.6 is 0 Å². The molecule has 1 aromatic carbocycles. The summed E-state index contributed by atoms with van der Waals surface area (Å²) in [6.07, 6.45) is 2.13. The van der Waals surface area contributed by atoms with Crippen LogP contribution in [-0.4, -0.2) is 47.2 Å². The number of primary amides is 1. The Hall–Kier alpha value is -2.41. The second-order valence-corrected chi connectivity index (χ2v) is 6.01. The number of aromatic nitrogens is 2. The average Bonchev–Trinajstić information content (AvgIpc) is 3.07. The normalized spacial score (nSPS) is 18.5. The van der Waals surface area contributed by atoms with Gasteiger partial charge >= 0.3 is 0 Å². The molecule has 1 saturated heterocycles. The summed E-state index contributed by atoms with van der Waals surface area (Å²) in [5.41, 5.74) is 6.47. The van der Waals surface area contributed by atoms with Crippen molar-refractivity contribution < 1.29 is 13.9 Å². The van der Waals surface area contributed by atoms with E-state index < -0.39 is 5.91 Å². The van der Waals surface area contributed by atoms with E-state index in [4.69, 9.17) is 10.5 Å². The van der Waals surface area contributed by atoms with Gasteiger partial charge in [-0.05, 0) is 49.7 Å². The average molecular weight is 332 g/mol. The lowest BCUT2D eigenvalue weighted by atomic mass is 9.94. The first-order valence-corrected chi connectivity index (χ1v) is 8.07. The summed E-state index contributed by atoms with van der Waals surface area (Å²) < 4.78 is 18.5. The van der Waals surface area contributed by atoms with E-state index in [1.807, 2.05) is 0 Å². The molecular weight excluding hydrogens is 311 g/mol. The number of nitrogens with one attached hydrogen (secondary N) is 1. The van der Waals surface area contributed by atoms with Crippen molar-refractivity contribution in [2.24, 2.45) is 5.73 Å². The Kier molecular flexibility index (Phi) is 5.10. The molecule has 0 saturated carbocycles. The lowest BCUT2D eigenvalue weighted by Crippen LogP contribution is -2.37. The van der Waals surface area contributed by atoms with Gasteiger partial charge in [-0.3, -0.25) is 14.8 Å². The Morgan fingerprint density at radius 2 is 2.21 bits per heavy atom. The number of carbonyl (C=O) groups is 1. The van der Waals surface area contributed by atoms with Gasteiger partial charge in [-0.25, -0.2) is 4.39 Å². The van der Waals surface area contributed by atoms with Crippen LogP contribution in [0.15, 0.2) is 30.3 Å². The van der Waals surface area contributed by atoms with Crippen molar-refractivity contribution in [3.05, 3.63) is 47.5 Å². The van der Waals surface area contributed by atoms with Crippen LogP contribution < -0.4 is 10.5 Å². The minimum absolute atomic E-state index is 0.267. The van der Waals surface area contributed by atoms with Gasteiger partial charge in [0.05, 0.1) is 0 Å². The molecule has 7 heteroatoms. The van der Waals surface area contributed by atoms with Crippen LogP contribution in [0.3, 0.4) is 0 Å². The molecule has 2 aromatic rings. The highest BCUT2D eigenvalue weighted by atomic mass is 19.1. The van der Waals surface area contributed by atoms with Crippen LogP contribution in [0.2, 0.25) is 0 Å². The van der Waals surface area contributed by atoms with Crippen LogP contribution in [0, 0.1) is 5.82 Å². The Labute approximate surface area is 139 Å². The lowest BCUT2D eigenvalue weighted by molar-refractivity contribution is 0.0995. The molecule has 1 fully saturated rings. The summed E-state index contributed by atoms with van der Waals surface area (Å²) in [6.45, 7) is 3.24. The number of carbonyl (C=O) groups excluding carboxylic acids is 1. The number of halogens is 1. The Morgan fingerprint density at radius 3 is 2.92 bits per heavy atom. The van der Waals surface area contributed by atoms with Gasteiger partial charge in [-0.15, -0.1) is 0 Å². The third-order valence-electron chi connectivity index (χ3n) is 4.29. The van der Waals surface area contributed by atoms with Crippen LogP contribution in [0.5, 0.6) is 5.75 Å². The van der Waals surface area contributed by atoms with Crippen LogP contribution in [0.4, 0.5) is 4.39 Å². The minimum Gasteiger partial charge on any atom is -0.492 e. The predicted molar refractivity (Wildman–Crippen MR) is 87.4 cm³/mol.